The van der Waals surface area contributed by atoms with Crippen LogP contribution in [0.1, 0.15) is 16.2 Å². The molecule has 0 saturated heterocycles. The first kappa shape index (κ1) is 17.8. The molecule has 0 atom stereocenters. The van der Waals surface area contributed by atoms with E-state index >= 15 is 0 Å². The highest BCUT2D eigenvalue weighted by atomic mass is 35.5. The third-order valence-electron chi connectivity index (χ3n) is 3.54. The second kappa shape index (κ2) is 7.49. The van der Waals surface area contributed by atoms with Gasteiger partial charge in [-0.05, 0) is 43.3 Å². The Balaban J connectivity index is 1.81. The zero-order chi connectivity index (χ0) is 18.7. The molecule has 6 nitrogen and oxygen atoms in total. The van der Waals surface area contributed by atoms with Gasteiger partial charge in [0.25, 0.3) is 5.91 Å². The minimum absolute atomic E-state index is 0.0261. The molecular weight excluding hydrogens is 366 g/mol. The molecule has 0 spiro atoms. The number of amides is 1. The molecule has 2 aromatic carbocycles. The van der Waals surface area contributed by atoms with E-state index < -0.39 is 12.5 Å². The Morgan fingerprint density at radius 2 is 1.88 bits per heavy atom. The van der Waals surface area contributed by atoms with E-state index in [2.05, 4.69) is 20.4 Å². The molecule has 1 amide bonds. The number of nitrogens with zero attached hydrogens (tertiary/aromatic N) is 3. The number of ether oxygens (including phenoxy) is 1. The number of carbonyl (C=O) groups is 1. The maximum atomic E-state index is 12.4. The smallest absolute Gasteiger partial charge is 0.387 e. The van der Waals surface area contributed by atoms with Gasteiger partial charge in [0, 0.05) is 0 Å². The number of hydrogen-bond acceptors (Lipinski definition) is 4. The van der Waals surface area contributed by atoms with E-state index in [1.54, 1.807) is 31.2 Å². The summed E-state index contributed by atoms with van der Waals surface area (Å²) < 4.78 is 30.1. The predicted octanol–water partition coefficient (Wildman–Crippen LogP) is 4.08. The van der Waals surface area contributed by atoms with Crippen molar-refractivity contribution in [3.63, 3.8) is 0 Å². The van der Waals surface area contributed by atoms with Gasteiger partial charge in [0.15, 0.2) is 5.69 Å². The van der Waals surface area contributed by atoms with Crippen molar-refractivity contribution in [3.05, 3.63) is 64.9 Å². The van der Waals surface area contributed by atoms with E-state index in [1.165, 1.54) is 28.9 Å². The zero-order valence-electron chi connectivity index (χ0n) is 13.5. The first-order valence-corrected chi connectivity index (χ1v) is 7.87. The average Bonchev–Trinajstić information content (AvgIpc) is 2.99. The Morgan fingerprint density at radius 1 is 1.19 bits per heavy atom. The largest absolute Gasteiger partial charge is 0.435 e. The molecule has 9 heteroatoms. The number of rotatable bonds is 5. The summed E-state index contributed by atoms with van der Waals surface area (Å²) in [7, 11) is 0. The summed E-state index contributed by atoms with van der Waals surface area (Å²) in [5, 5.41) is 10.9. The zero-order valence-corrected chi connectivity index (χ0v) is 14.2. The topological polar surface area (TPSA) is 69.0 Å². The molecule has 3 rings (SSSR count). The number of benzene rings is 2. The van der Waals surface area contributed by atoms with Gasteiger partial charge < -0.3 is 10.1 Å². The number of carbonyl (C=O) groups excluding carboxylic acids is 1. The molecular formula is C17H13ClF2N4O2. The van der Waals surface area contributed by atoms with Crippen molar-refractivity contribution in [2.75, 3.05) is 5.32 Å². The van der Waals surface area contributed by atoms with E-state index in [4.69, 9.17) is 11.6 Å². The highest BCUT2D eigenvalue weighted by Crippen LogP contribution is 2.22. The molecule has 0 aliphatic carbocycles. The van der Waals surface area contributed by atoms with Crippen LogP contribution < -0.4 is 10.1 Å². The van der Waals surface area contributed by atoms with Gasteiger partial charge in [0.1, 0.15) is 5.75 Å². The molecule has 0 bridgehead atoms. The van der Waals surface area contributed by atoms with Crippen LogP contribution in [0.4, 0.5) is 14.5 Å². The van der Waals surface area contributed by atoms with E-state index in [-0.39, 0.29) is 11.4 Å². The van der Waals surface area contributed by atoms with E-state index in [0.717, 1.165) is 0 Å². The highest BCUT2D eigenvalue weighted by molar-refractivity contribution is 6.33. The number of alkyl halides is 2. The first-order chi connectivity index (χ1) is 12.5. The van der Waals surface area contributed by atoms with E-state index in [9.17, 15) is 13.6 Å². The van der Waals surface area contributed by atoms with Crippen molar-refractivity contribution in [2.45, 2.75) is 13.5 Å². The fraction of sp³-hybridized carbons (Fsp3) is 0.118. The fourth-order valence-corrected chi connectivity index (χ4v) is 2.48. The molecule has 0 saturated carbocycles. The molecule has 0 fully saturated rings. The van der Waals surface area contributed by atoms with E-state index in [1.807, 2.05) is 0 Å². The van der Waals surface area contributed by atoms with Gasteiger partial charge in [-0.25, -0.2) is 4.68 Å². The minimum atomic E-state index is -2.89. The standard InChI is InChI=1S/C17H13ClF2N4O2/c1-10-15(16(25)21-14-5-3-2-4-13(14)18)22-23-24(10)11-6-8-12(9-7-11)26-17(19)20/h2-9,17H,1H3,(H,21,25). The maximum Gasteiger partial charge on any atom is 0.387 e. The second-order valence-electron chi connectivity index (χ2n) is 5.24. The molecule has 0 aliphatic rings. The summed E-state index contributed by atoms with van der Waals surface area (Å²) >= 11 is 6.03. The van der Waals surface area contributed by atoms with Crippen molar-refractivity contribution in [2.24, 2.45) is 0 Å². The number of para-hydroxylation sites is 1. The summed E-state index contributed by atoms with van der Waals surface area (Å²) in [4.78, 5) is 12.4. The maximum absolute atomic E-state index is 12.4. The third-order valence-corrected chi connectivity index (χ3v) is 3.87. The highest BCUT2D eigenvalue weighted by Gasteiger charge is 2.18. The Bertz CT molecular complexity index is 929. The summed E-state index contributed by atoms with van der Waals surface area (Å²) in [5.74, 6) is -0.433. The van der Waals surface area contributed by atoms with Crippen LogP contribution >= 0.6 is 11.6 Å². The van der Waals surface area contributed by atoms with Crippen molar-refractivity contribution >= 4 is 23.2 Å². The molecule has 1 aromatic heterocycles. The van der Waals surface area contributed by atoms with Crippen LogP contribution in [0.3, 0.4) is 0 Å². The van der Waals surface area contributed by atoms with Gasteiger partial charge in [-0.1, -0.05) is 28.9 Å². The predicted molar refractivity (Wildman–Crippen MR) is 92.1 cm³/mol. The molecule has 0 aliphatic heterocycles. The first-order valence-electron chi connectivity index (χ1n) is 7.49. The number of hydrogen-bond donors (Lipinski definition) is 1. The molecule has 1 heterocycles. The average molecular weight is 379 g/mol. The normalized spacial score (nSPS) is 10.8. The van der Waals surface area contributed by atoms with Crippen LogP contribution in [0.25, 0.3) is 5.69 Å². The molecule has 134 valence electrons. The lowest BCUT2D eigenvalue weighted by atomic mass is 10.2. The van der Waals surface area contributed by atoms with Crippen LogP contribution in [0.2, 0.25) is 5.02 Å². The lowest BCUT2D eigenvalue weighted by molar-refractivity contribution is -0.0498. The fourth-order valence-electron chi connectivity index (χ4n) is 2.30. The summed E-state index contributed by atoms with van der Waals surface area (Å²) in [6.45, 7) is -1.22. The van der Waals surface area contributed by atoms with Crippen molar-refractivity contribution in [3.8, 4) is 11.4 Å². The summed E-state index contributed by atoms with van der Waals surface area (Å²) in [6, 6.07) is 12.7. The van der Waals surface area contributed by atoms with Gasteiger partial charge in [0.2, 0.25) is 0 Å². The number of aromatic nitrogens is 3. The van der Waals surface area contributed by atoms with Gasteiger partial charge in [-0.3, -0.25) is 4.79 Å². The molecule has 3 aromatic rings. The van der Waals surface area contributed by atoms with Crippen LogP contribution in [0, 0.1) is 6.92 Å². The third kappa shape index (κ3) is 3.80. The lowest BCUT2D eigenvalue weighted by Crippen LogP contribution is -2.14. The van der Waals surface area contributed by atoms with Gasteiger partial charge >= 0.3 is 6.61 Å². The van der Waals surface area contributed by atoms with Crippen molar-refractivity contribution in [1.29, 1.82) is 0 Å². The quantitative estimate of drug-likeness (QED) is 0.726. The SMILES string of the molecule is Cc1c(C(=O)Nc2ccccc2Cl)nnn1-c1ccc(OC(F)F)cc1. The Morgan fingerprint density at radius 3 is 2.54 bits per heavy atom. The van der Waals surface area contributed by atoms with Crippen LogP contribution in [0.5, 0.6) is 5.75 Å². The summed E-state index contributed by atoms with van der Waals surface area (Å²) in [6.07, 6.45) is 0. The number of anilines is 1. The van der Waals surface area contributed by atoms with Gasteiger partial charge in [0.05, 0.1) is 22.1 Å². The van der Waals surface area contributed by atoms with Gasteiger partial charge in [-0.15, -0.1) is 5.10 Å². The Hall–Kier alpha value is -3.00. The number of halogens is 3. The number of nitrogens with one attached hydrogen (secondary N) is 1. The minimum Gasteiger partial charge on any atom is -0.435 e. The van der Waals surface area contributed by atoms with Crippen LogP contribution in [-0.2, 0) is 0 Å². The van der Waals surface area contributed by atoms with Gasteiger partial charge in [-0.2, -0.15) is 8.78 Å². The molecule has 0 unspecified atom stereocenters. The molecule has 1 N–H and O–H groups in total. The van der Waals surface area contributed by atoms with Crippen molar-refractivity contribution in [1.82, 2.24) is 15.0 Å². The Labute approximate surface area is 152 Å². The molecule has 26 heavy (non-hydrogen) atoms. The monoisotopic (exact) mass is 378 g/mol. The Kier molecular flexibility index (Phi) is 5.13. The lowest BCUT2D eigenvalue weighted by Gasteiger charge is -2.07. The van der Waals surface area contributed by atoms with Crippen molar-refractivity contribution < 1.29 is 18.3 Å². The molecule has 0 radical (unpaired) electrons. The van der Waals surface area contributed by atoms with E-state index in [0.29, 0.717) is 22.1 Å². The van der Waals surface area contributed by atoms with Crippen LogP contribution in [-0.4, -0.2) is 27.5 Å². The summed E-state index contributed by atoms with van der Waals surface area (Å²) in [5.41, 5.74) is 1.62. The van der Waals surface area contributed by atoms with Crippen LogP contribution in [0.15, 0.2) is 48.5 Å². The second-order valence-corrected chi connectivity index (χ2v) is 5.65.